The lowest BCUT2D eigenvalue weighted by molar-refractivity contribution is 0.185. The molecule has 0 N–H and O–H groups in total. The van der Waals surface area contributed by atoms with Crippen LogP contribution in [0.25, 0.3) is 0 Å². The minimum absolute atomic E-state index is 0.632. The van der Waals surface area contributed by atoms with Crippen LogP contribution in [0.3, 0.4) is 0 Å². The summed E-state index contributed by atoms with van der Waals surface area (Å²) in [5, 5.41) is 0. The number of nitrogens with zero attached hydrogens (tertiary/aromatic N) is 1. The van der Waals surface area contributed by atoms with Gasteiger partial charge in [-0.25, -0.2) is 0 Å². The number of ether oxygens (including phenoxy) is 1. The summed E-state index contributed by atoms with van der Waals surface area (Å²) in [4.78, 5) is 2.42. The monoisotopic (exact) mass is 379 g/mol. The number of hydrogen-bond donors (Lipinski definition) is 0. The van der Waals surface area contributed by atoms with Crippen LogP contribution in [-0.4, -0.2) is 12.0 Å². The molecule has 29 heavy (non-hydrogen) atoms. The molecule has 2 nitrogen and oxygen atoms in total. The van der Waals surface area contributed by atoms with E-state index in [1.165, 1.54) is 22.3 Å². The van der Waals surface area contributed by atoms with Crippen LogP contribution >= 0.6 is 0 Å². The van der Waals surface area contributed by atoms with Gasteiger partial charge >= 0.3 is 0 Å². The van der Waals surface area contributed by atoms with Crippen molar-refractivity contribution in [3.63, 3.8) is 0 Å². The Labute approximate surface area is 174 Å². The van der Waals surface area contributed by atoms with Gasteiger partial charge in [0.1, 0.15) is 0 Å². The number of rotatable bonds is 8. The molecule has 3 aromatic rings. The molecule has 0 aliphatic carbocycles. The fraction of sp³-hybridized carbons (Fsp3) is 0.185. The molecule has 0 radical (unpaired) electrons. The van der Waals surface area contributed by atoms with E-state index in [9.17, 15) is 0 Å². The van der Waals surface area contributed by atoms with Crippen molar-refractivity contribution in [2.75, 3.05) is 7.11 Å². The van der Waals surface area contributed by atoms with E-state index < -0.39 is 0 Å². The Morgan fingerprint density at radius 2 is 0.966 bits per heavy atom. The van der Waals surface area contributed by atoms with E-state index in [1.807, 2.05) is 24.3 Å². The zero-order chi connectivity index (χ0) is 20.5. The standard InChI is InChI=1S/C27H25NO/c1-4-22-6-10-24(11-7-22)18-28(19-25-12-8-23(5-2)9-13-25)20-26-14-16-27(17-15-26)21-29-3/h1-2,6-17H,18-21H2,3H3. The van der Waals surface area contributed by atoms with Gasteiger partial charge in [0.05, 0.1) is 6.61 Å². The Morgan fingerprint density at radius 3 is 1.31 bits per heavy atom. The molecular weight excluding hydrogens is 354 g/mol. The van der Waals surface area contributed by atoms with Gasteiger partial charge in [-0.2, -0.15) is 0 Å². The lowest BCUT2D eigenvalue weighted by atomic mass is 10.1. The molecule has 0 atom stereocenters. The van der Waals surface area contributed by atoms with E-state index >= 15 is 0 Å². The zero-order valence-corrected chi connectivity index (χ0v) is 16.8. The zero-order valence-electron chi connectivity index (χ0n) is 16.8. The van der Waals surface area contributed by atoms with Crippen molar-refractivity contribution in [1.82, 2.24) is 4.90 Å². The van der Waals surface area contributed by atoms with Crippen molar-refractivity contribution < 1.29 is 4.74 Å². The highest BCUT2D eigenvalue weighted by Gasteiger charge is 2.09. The van der Waals surface area contributed by atoms with E-state index in [1.54, 1.807) is 7.11 Å². The predicted molar refractivity (Wildman–Crippen MR) is 119 cm³/mol. The number of terminal acetylenes is 2. The molecular formula is C27H25NO. The Morgan fingerprint density at radius 1 is 0.621 bits per heavy atom. The normalized spacial score (nSPS) is 10.5. The van der Waals surface area contributed by atoms with Gasteiger partial charge < -0.3 is 4.74 Å². The Balaban J connectivity index is 1.77. The highest BCUT2D eigenvalue weighted by molar-refractivity contribution is 5.35. The molecule has 0 saturated carbocycles. The first-order chi connectivity index (χ1) is 14.2. The highest BCUT2D eigenvalue weighted by Crippen LogP contribution is 2.16. The molecule has 0 heterocycles. The third-order valence-electron chi connectivity index (χ3n) is 4.79. The first-order valence-electron chi connectivity index (χ1n) is 9.60. The topological polar surface area (TPSA) is 12.5 Å². The van der Waals surface area contributed by atoms with Crippen molar-refractivity contribution in [3.8, 4) is 24.7 Å². The molecule has 0 aliphatic heterocycles. The van der Waals surface area contributed by atoms with Gasteiger partial charge in [-0.15, -0.1) is 12.8 Å². The van der Waals surface area contributed by atoms with Crippen LogP contribution in [0.15, 0.2) is 72.8 Å². The summed E-state index contributed by atoms with van der Waals surface area (Å²) in [5.74, 6) is 5.35. The van der Waals surface area contributed by atoms with Crippen molar-refractivity contribution >= 4 is 0 Å². The molecule has 144 valence electrons. The predicted octanol–water partition coefficient (Wildman–Crippen LogP) is 5.00. The van der Waals surface area contributed by atoms with Gasteiger partial charge in [0, 0.05) is 37.9 Å². The maximum absolute atomic E-state index is 5.48. The van der Waals surface area contributed by atoms with Gasteiger partial charge in [-0.05, 0) is 46.5 Å². The van der Waals surface area contributed by atoms with Crippen molar-refractivity contribution in [1.29, 1.82) is 0 Å². The summed E-state index contributed by atoms with van der Waals surface area (Å²) < 4.78 is 5.21. The minimum Gasteiger partial charge on any atom is -0.380 e. The largest absolute Gasteiger partial charge is 0.380 e. The quantitative estimate of drug-likeness (QED) is 0.511. The molecule has 0 unspecified atom stereocenters. The Hall–Kier alpha value is -3.30. The van der Waals surface area contributed by atoms with Gasteiger partial charge in [0.25, 0.3) is 0 Å². The average molecular weight is 380 g/mol. The summed E-state index contributed by atoms with van der Waals surface area (Å²) in [6.45, 7) is 3.15. The van der Waals surface area contributed by atoms with Crippen LogP contribution in [0.4, 0.5) is 0 Å². The van der Waals surface area contributed by atoms with Crippen LogP contribution in [0.2, 0.25) is 0 Å². The van der Waals surface area contributed by atoms with Gasteiger partial charge in [0.15, 0.2) is 0 Å². The molecule has 0 fully saturated rings. The van der Waals surface area contributed by atoms with E-state index in [-0.39, 0.29) is 0 Å². The lowest BCUT2D eigenvalue weighted by Gasteiger charge is -2.23. The maximum atomic E-state index is 5.48. The molecule has 0 saturated heterocycles. The molecule has 3 rings (SSSR count). The van der Waals surface area contributed by atoms with Gasteiger partial charge in [-0.3, -0.25) is 4.90 Å². The maximum Gasteiger partial charge on any atom is 0.0713 e. The second-order valence-corrected chi connectivity index (χ2v) is 7.08. The number of hydrogen-bond acceptors (Lipinski definition) is 2. The lowest BCUT2D eigenvalue weighted by Crippen LogP contribution is -2.22. The molecule has 0 spiro atoms. The minimum atomic E-state index is 0.632. The Bertz CT molecular complexity index is 927. The SMILES string of the molecule is C#Cc1ccc(CN(Cc2ccc(C#C)cc2)Cc2ccc(COC)cc2)cc1. The summed E-state index contributed by atoms with van der Waals surface area (Å²) >= 11 is 0. The van der Waals surface area contributed by atoms with Crippen LogP contribution in [-0.2, 0) is 31.0 Å². The molecule has 0 aliphatic rings. The first-order valence-corrected chi connectivity index (χ1v) is 9.60. The number of benzene rings is 3. The molecule has 2 heteroatoms. The summed E-state index contributed by atoms with van der Waals surface area (Å²) in [6, 6.07) is 25.0. The average Bonchev–Trinajstić information content (AvgIpc) is 2.76. The molecule has 3 aromatic carbocycles. The fourth-order valence-electron chi connectivity index (χ4n) is 3.26. The summed E-state index contributed by atoms with van der Waals surface area (Å²) in [6.07, 6.45) is 11.0. The second-order valence-electron chi connectivity index (χ2n) is 7.08. The van der Waals surface area contributed by atoms with E-state index in [4.69, 9.17) is 17.6 Å². The van der Waals surface area contributed by atoms with Crippen molar-refractivity contribution in [2.45, 2.75) is 26.2 Å². The van der Waals surface area contributed by atoms with Gasteiger partial charge in [-0.1, -0.05) is 60.4 Å². The Kier molecular flexibility index (Phi) is 7.26. The van der Waals surface area contributed by atoms with E-state index in [0.29, 0.717) is 6.61 Å². The summed E-state index contributed by atoms with van der Waals surface area (Å²) in [5.41, 5.74) is 6.72. The molecule has 0 bridgehead atoms. The van der Waals surface area contributed by atoms with Gasteiger partial charge in [0.2, 0.25) is 0 Å². The smallest absolute Gasteiger partial charge is 0.0713 e. The third-order valence-corrected chi connectivity index (χ3v) is 4.79. The second kappa shape index (κ2) is 10.3. The van der Waals surface area contributed by atoms with Crippen LogP contribution < -0.4 is 0 Å². The van der Waals surface area contributed by atoms with E-state index in [0.717, 1.165) is 30.8 Å². The fourth-order valence-corrected chi connectivity index (χ4v) is 3.26. The van der Waals surface area contributed by atoms with E-state index in [2.05, 4.69) is 65.3 Å². The van der Waals surface area contributed by atoms with Crippen LogP contribution in [0.1, 0.15) is 33.4 Å². The third kappa shape index (κ3) is 6.09. The molecule has 0 amide bonds. The van der Waals surface area contributed by atoms with Crippen molar-refractivity contribution in [3.05, 3.63) is 106 Å². The van der Waals surface area contributed by atoms with Crippen LogP contribution in [0, 0.1) is 24.7 Å². The summed E-state index contributed by atoms with van der Waals surface area (Å²) in [7, 11) is 1.71. The highest BCUT2D eigenvalue weighted by atomic mass is 16.5. The molecule has 0 aromatic heterocycles. The first kappa shape index (κ1) is 20.4. The van der Waals surface area contributed by atoms with Crippen molar-refractivity contribution in [2.24, 2.45) is 0 Å². The number of methoxy groups -OCH3 is 1. The van der Waals surface area contributed by atoms with Crippen LogP contribution in [0.5, 0.6) is 0 Å².